The first kappa shape index (κ1) is 13.3. The third-order valence-electron chi connectivity index (χ3n) is 3.98. The van der Waals surface area contributed by atoms with Gasteiger partial charge in [0.15, 0.2) is 0 Å². The molecule has 4 heteroatoms. The van der Waals surface area contributed by atoms with Crippen LogP contribution in [-0.4, -0.2) is 29.6 Å². The molecule has 4 nitrogen and oxygen atoms in total. The molecule has 0 spiro atoms. The van der Waals surface area contributed by atoms with Crippen molar-refractivity contribution in [2.75, 3.05) is 24.5 Å². The van der Waals surface area contributed by atoms with Gasteiger partial charge < -0.3 is 10.6 Å². The highest BCUT2D eigenvalue weighted by atomic mass is 15.2. The molecular formula is C14H24N4. The number of hydrogen-bond acceptors (Lipinski definition) is 4. The Bertz CT molecular complexity index is 405. The number of nitrogens with two attached hydrogens (primary N) is 1. The van der Waals surface area contributed by atoms with Gasteiger partial charge in [0.05, 0.1) is 0 Å². The van der Waals surface area contributed by atoms with E-state index in [0.29, 0.717) is 5.92 Å². The molecule has 0 aliphatic carbocycles. The van der Waals surface area contributed by atoms with Crippen molar-refractivity contribution in [1.29, 1.82) is 0 Å². The molecule has 2 rings (SSSR count). The van der Waals surface area contributed by atoms with E-state index in [0.717, 1.165) is 49.3 Å². The number of anilines is 1. The summed E-state index contributed by atoms with van der Waals surface area (Å²) in [6.07, 6.45) is 2.16. The van der Waals surface area contributed by atoms with Crippen LogP contribution in [0.4, 0.5) is 5.82 Å². The molecule has 0 amide bonds. The summed E-state index contributed by atoms with van der Waals surface area (Å²) in [6, 6.07) is 2.12. The maximum absolute atomic E-state index is 5.86. The van der Waals surface area contributed by atoms with Gasteiger partial charge in [-0.05, 0) is 38.1 Å². The van der Waals surface area contributed by atoms with E-state index in [9.17, 15) is 0 Å². The second kappa shape index (κ2) is 5.65. The highest BCUT2D eigenvalue weighted by Crippen LogP contribution is 2.26. The van der Waals surface area contributed by atoms with Crippen molar-refractivity contribution in [3.63, 3.8) is 0 Å². The summed E-state index contributed by atoms with van der Waals surface area (Å²) in [7, 11) is 0. The molecule has 2 N–H and O–H groups in total. The van der Waals surface area contributed by atoms with Crippen molar-refractivity contribution in [3.05, 3.63) is 17.6 Å². The lowest BCUT2D eigenvalue weighted by atomic mass is 9.87. The molecule has 0 aromatic carbocycles. The molecule has 1 saturated heterocycles. The molecule has 1 aliphatic rings. The predicted octanol–water partition coefficient (Wildman–Crippen LogP) is 1.77. The molecule has 100 valence electrons. The average Bonchev–Trinajstić information content (AvgIpc) is 2.38. The molecule has 1 aliphatic heterocycles. The highest BCUT2D eigenvalue weighted by molar-refractivity contribution is 5.40. The van der Waals surface area contributed by atoms with Gasteiger partial charge in [-0.2, -0.15) is 0 Å². The van der Waals surface area contributed by atoms with E-state index in [-0.39, 0.29) is 0 Å². The molecule has 2 unspecified atom stereocenters. The summed E-state index contributed by atoms with van der Waals surface area (Å²) in [5.41, 5.74) is 6.99. The van der Waals surface area contributed by atoms with Crippen LogP contribution in [0.1, 0.15) is 31.8 Å². The second-order valence-electron chi connectivity index (χ2n) is 5.33. The van der Waals surface area contributed by atoms with Gasteiger partial charge in [0.1, 0.15) is 11.6 Å². The second-order valence-corrected chi connectivity index (χ2v) is 5.33. The largest absolute Gasteiger partial charge is 0.356 e. The lowest BCUT2D eigenvalue weighted by Gasteiger charge is -2.37. The quantitative estimate of drug-likeness (QED) is 0.885. The van der Waals surface area contributed by atoms with Crippen molar-refractivity contribution >= 4 is 5.82 Å². The summed E-state index contributed by atoms with van der Waals surface area (Å²) < 4.78 is 0. The van der Waals surface area contributed by atoms with Gasteiger partial charge in [-0.3, -0.25) is 0 Å². The van der Waals surface area contributed by atoms with Crippen molar-refractivity contribution in [2.45, 2.75) is 33.6 Å². The van der Waals surface area contributed by atoms with Crippen LogP contribution in [0.5, 0.6) is 0 Å². The minimum Gasteiger partial charge on any atom is -0.356 e. The van der Waals surface area contributed by atoms with Gasteiger partial charge in [0.25, 0.3) is 0 Å². The third-order valence-corrected chi connectivity index (χ3v) is 3.98. The van der Waals surface area contributed by atoms with Crippen molar-refractivity contribution in [2.24, 2.45) is 17.6 Å². The van der Waals surface area contributed by atoms with E-state index in [1.54, 1.807) is 0 Å². The van der Waals surface area contributed by atoms with Crippen LogP contribution in [-0.2, 0) is 6.42 Å². The monoisotopic (exact) mass is 248 g/mol. The van der Waals surface area contributed by atoms with Crippen molar-refractivity contribution in [1.82, 2.24) is 9.97 Å². The summed E-state index contributed by atoms with van der Waals surface area (Å²) in [4.78, 5) is 11.4. The van der Waals surface area contributed by atoms with Gasteiger partial charge in [-0.1, -0.05) is 13.8 Å². The van der Waals surface area contributed by atoms with Crippen LogP contribution in [0.3, 0.4) is 0 Å². The Hall–Kier alpha value is -1.16. The van der Waals surface area contributed by atoms with E-state index in [4.69, 9.17) is 5.73 Å². The van der Waals surface area contributed by atoms with Crippen LogP contribution >= 0.6 is 0 Å². The zero-order valence-electron chi connectivity index (χ0n) is 11.7. The Kier molecular flexibility index (Phi) is 4.17. The Balaban J connectivity index is 2.18. The van der Waals surface area contributed by atoms with Crippen LogP contribution in [0, 0.1) is 18.8 Å². The fraction of sp³-hybridized carbons (Fsp3) is 0.714. The molecular weight excluding hydrogens is 224 g/mol. The molecule has 0 radical (unpaired) electrons. The number of hydrogen-bond donors (Lipinski definition) is 1. The molecule has 1 fully saturated rings. The number of rotatable bonds is 3. The number of nitrogens with zero attached hydrogens (tertiary/aromatic N) is 3. The Morgan fingerprint density at radius 2 is 2.22 bits per heavy atom. The third kappa shape index (κ3) is 2.80. The first-order valence-corrected chi connectivity index (χ1v) is 6.93. The maximum atomic E-state index is 5.86. The molecule has 0 saturated carbocycles. The molecule has 2 atom stereocenters. The van der Waals surface area contributed by atoms with Crippen molar-refractivity contribution in [3.8, 4) is 0 Å². The van der Waals surface area contributed by atoms with E-state index in [2.05, 4.69) is 34.8 Å². The smallest absolute Gasteiger partial charge is 0.132 e. The summed E-state index contributed by atoms with van der Waals surface area (Å²) >= 11 is 0. The van der Waals surface area contributed by atoms with Crippen LogP contribution < -0.4 is 10.6 Å². The van der Waals surface area contributed by atoms with E-state index < -0.39 is 0 Å². The van der Waals surface area contributed by atoms with Gasteiger partial charge in [-0.25, -0.2) is 9.97 Å². The topological polar surface area (TPSA) is 55.0 Å². The fourth-order valence-electron chi connectivity index (χ4n) is 2.62. The fourth-order valence-corrected chi connectivity index (χ4v) is 2.62. The summed E-state index contributed by atoms with van der Waals surface area (Å²) in [5.74, 6) is 3.25. The van der Waals surface area contributed by atoms with Crippen LogP contribution in [0.15, 0.2) is 6.07 Å². The van der Waals surface area contributed by atoms with Gasteiger partial charge in [0, 0.05) is 24.8 Å². The van der Waals surface area contributed by atoms with Crippen LogP contribution in [0.2, 0.25) is 0 Å². The molecule has 18 heavy (non-hydrogen) atoms. The minimum absolute atomic E-state index is 0.582. The lowest BCUT2D eigenvalue weighted by Crippen LogP contribution is -2.43. The first-order chi connectivity index (χ1) is 8.63. The van der Waals surface area contributed by atoms with Crippen molar-refractivity contribution < 1.29 is 0 Å². The Morgan fingerprint density at radius 1 is 1.44 bits per heavy atom. The molecule has 2 heterocycles. The maximum Gasteiger partial charge on any atom is 0.132 e. The average molecular weight is 248 g/mol. The normalized spacial score (nSPS) is 24.3. The zero-order chi connectivity index (χ0) is 13.1. The highest BCUT2D eigenvalue weighted by Gasteiger charge is 2.26. The van der Waals surface area contributed by atoms with E-state index >= 15 is 0 Å². The van der Waals surface area contributed by atoms with E-state index in [1.165, 1.54) is 6.42 Å². The summed E-state index contributed by atoms with van der Waals surface area (Å²) in [5, 5.41) is 0. The van der Waals surface area contributed by atoms with E-state index in [1.807, 2.05) is 6.92 Å². The molecule has 1 aromatic rings. The number of piperidine rings is 1. The SMILES string of the molecule is CCc1cc(N2CCC(C)C(CN)C2)nc(C)n1. The predicted molar refractivity (Wildman–Crippen MR) is 74.7 cm³/mol. The lowest BCUT2D eigenvalue weighted by molar-refractivity contribution is 0.306. The van der Waals surface area contributed by atoms with Gasteiger partial charge in [0.2, 0.25) is 0 Å². The van der Waals surface area contributed by atoms with Gasteiger partial charge >= 0.3 is 0 Å². The van der Waals surface area contributed by atoms with Crippen LogP contribution in [0.25, 0.3) is 0 Å². The van der Waals surface area contributed by atoms with Gasteiger partial charge in [-0.15, -0.1) is 0 Å². The number of aromatic nitrogens is 2. The zero-order valence-corrected chi connectivity index (χ0v) is 11.7. The molecule has 0 bridgehead atoms. The standard InChI is InChI=1S/C14H24N4/c1-4-13-7-14(17-11(3)16-13)18-6-5-10(2)12(8-15)9-18/h7,10,12H,4-6,8-9,15H2,1-3H3. The molecule has 1 aromatic heterocycles. The number of aryl methyl sites for hydroxylation is 2. The summed E-state index contributed by atoms with van der Waals surface area (Å²) in [6.45, 7) is 9.27. The Labute approximate surface area is 110 Å². The first-order valence-electron chi connectivity index (χ1n) is 6.93. The Morgan fingerprint density at radius 3 is 2.89 bits per heavy atom. The minimum atomic E-state index is 0.582.